The van der Waals surface area contributed by atoms with Crippen LogP contribution in [0.15, 0.2) is 36.7 Å². The summed E-state index contributed by atoms with van der Waals surface area (Å²) >= 11 is 0. The third-order valence-corrected chi connectivity index (χ3v) is 1.66. The van der Waals surface area contributed by atoms with Crippen molar-refractivity contribution in [2.75, 3.05) is 6.54 Å². The summed E-state index contributed by atoms with van der Waals surface area (Å²) in [5, 5.41) is 12.3. The van der Waals surface area contributed by atoms with Gasteiger partial charge < -0.3 is 10.4 Å². The van der Waals surface area contributed by atoms with E-state index in [2.05, 4.69) is 5.32 Å². The van der Waals surface area contributed by atoms with Crippen LogP contribution < -0.4 is 5.32 Å². The van der Waals surface area contributed by atoms with Crippen LogP contribution in [0, 0.1) is 0 Å². The molecule has 0 aromatic heterocycles. The Morgan fingerprint density at radius 3 is 2.85 bits per heavy atom. The Morgan fingerprint density at radius 1 is 1.38 bits per heavy atom. The van der Waals surface area contributed by atoms with Crippen molar-refractivity contribution in [3.05, 3.63) is 42.2 Å². The Bertz CT molecular complexity index is 286. The molecule has 0 unspecified atom stereocenters. The molecule has 2 N–H and O–H groups in total. The molecule has 0 saturated heterocycles. The Hall–Kier alpha value is -1.35. The predicted molar refractivity (Wildman–Crippen MR) is 50.1 cm³/mol. The lowest BCUT2D eigenvalue weighted by molar-refractivity contribution is 0.465. The number of para-hydroxylation sites is 1. The molecule has 2 nitrogen and oxygen atoms in total. The molecule has 0 bridgehead atoms. The van der Waals surface area contributed by atoms with Gasteiger partial charge in [0.05, 0.1) is 6.33 Å². The number of hydrogen-bond donors (Lipinski definition) is 2. The number of phenols is 1. The SMILES string of the molecule is Oc1ccccc1CNCC=CF. The molecule has 0 fully saturated rings. The van der Waals surface area contributed by atoms with Gasteiger partial charge in [-0.3, -0.25) is 0 Å². The molecular weight excluding hydrogens is 169 g/mol. The summed E-state index contributed by atoms with van der Waals surface area (Å²) in [6.45, 7) is 1.00. The van der Waals surface area contributed by atoms with E-state index in [9.17, 15) is 9.50 Å². The second-order valence-corrected chi connectivity index (χ2v) is 2.62. The third kappa shape index (κ3) is 3.25. The maximum atomic E-state index is 11.5. The summed E-state index contributed by atoms with van der Waals surface area (Å²) in [6.07, 6.45) is 1.87. The predicted octanol–water partition coefficient (Wildman–Crippen LogP) is 1.97. The Kier molecular flexibility index (Phi) is 3.99. The van der Waals surface area contributed by atoms with E-state index < -0.39 is 0 Å². The number of hydrogen-bond acceptors (Lipinski definition) is 2. The van der Waals surface area contributed by atoms with E-state index in [-0.39, 0.29) is 5.75 Å². The standard InChI is InChI=1S/C10H12FNO/c11-6-3-7-12-8-9-4-1-2-5-10(9)13/h1-6,12-13H,7-8H2. The van der Waals surface area contributed by atoms with E-state index in [1.165, 1.54) is 6.08 Å². The fraction of sp³-hybridized carbons (Fsp3) is 0.200. The number of benzene rings is 1. The molecule has 0 aliphatic carbocycles. The maximum Gasteiger partial charge on any atom is 0.120 e. The summed E-state index contributed by atoms with van der Waals surface area (Å²) in [5.74, 6) is 0.263. The van der Waals surface area contributed by atoms with Gasteiger partial charge in [0.15, 0.2) is 0 Å². The zero-order valence-electron chi connectivity index (χ0n) is 7.20. The minimum Gasteiger partial charge on any atom is -0.508 e. The van der Waals surface area contributed by atoms with Crippen molar-refractivity contribution in [1.29, 1.82) is 0 Å². The zero-order chi connectivity index (χ0) is 9.52. The molecule has 3 heteroatoms. The molecule has 1 aromatic carbocycles. The van der Waals surface area contributed by atoms with Crippen molar-refractivity contribution in [2.45, 2.75) is 6.54 Å². The molecule has 1 rings (SSSR count). The van der Waals surface area contributed by atoms with Crippen molar-refractivity contribution in [1.82, 2.24) is 5.32 Å². The number of aromatic hydroxyl groups is 1. The molecular formula is C10H12FNO. The highest BCUT2D eigenvalue weighted by Gasteiger charge is 1.96. The number of nitrogens with one attached hydrogen (secondary N) is 1. The minimum atomic E-state index is 0.263. The van der Waals surface area contributed by atoms with Gasteiger partial charge in [0.2, 0.25) is 0 Å². The molecule has 0 aliphatic heterocycles. The Morgan fingerprint density at radius 2 is 2.15 bits per heavy atom. The van der Waals surface area contributed by atoms with Gasteiger partial charge in [-0.15, -0.1) is 0 Å². The van der Waals surface area contributed by atoms with E-state index in [1.54, 1.807) is 12.1 Å². The maximum absolute atomic E-state index is 11.5. The van der Waals surface area contributed by atoms with Crippen LogP contribution in [-0.4, -0.2) is 11.7 Å². The van der Waals surface area contributed by atoms with Gasteiger partial charge in [-0.1, -0.05) is 18.2 Å². The molecule has 0 spiro atoms. The normalized spacial score (nSPS) is 10.8. The van der Waals surface area contributed by atoms with Crippen LogP contribution in [0.3, 0.4) is 0 Å². The lowest BCUT2D eigenvalue weighted by Crippen LogP contribution is -2.12. The summed E-state index contributed by atoms with van der Waals surface area (Å²) in [4.78, 5) is 0. The molecule has 70 valence electrons. The van der Waals surface area contributed by atoms with Gasteiger partial charge in [0.25, 0.3) is 0 Å². The summed E-state index contributed by atoms with van der Waals surface area (Å²) in [5.41, 5.74) is 0.815. The summed E-state index contributed by atoms with van der Waals surface area (Å²) in [6, 6.07) is 7.06. The van der Waals surface area contributed by atoms with Crippen LogP contribution in [0.4, 0.5) is 4.39 Å². The van der Waals surface area contributed by atoms with E-state index >= 15 is 0 Å². The largest absolute Gasteiger partial charge is 0.508 e. The van der Waals surface area contributed by atoms with Crippen LogP contribution in [-0.2, 0) is 6.54 Å². The van der Waals surface area contributed by atoms with Crippen molar-refractivity contribution >= 4 is 0 Å². The van der Waals surface area contributed by atoms with Gasteiger partial charge in [-0.25, -0.2) is 4.39 Å². The van der Waals surface area contributed by atoms with Crippen molar-refractivity contribution in [3.63, 3.8) is 0 Å². The molecule has 0 aliphatic rings. The first-order valence-corrected chi connectivity index (χ1v) is 4.07. The second-order valence-electron chi connectivity index (χ2n) is 2.62. The van der Waals surface area contributed by atoms with Crippen molar-refractivity contribution in [3.8, 4) is 5.75 Å². The van der Waals surface area contributed by atoms with E-state index in [0.717, 1.165) is 5.56 Å². The highest BCUT2D eigenvalue weighted by atomic mass is 19.1. The molecule has 0 atom stereocenters. The molecule has 0 amide bonds. The van der Waals surface area contributed by atoms with Gasteiger partial charge in [-0.05, 0) is 12.1 Å². The van der Waals surface area contributed by atoms with Crippen LogP contribution in [0.1, 0.15) is 5.56 Å². The first kappa shape index (κ1) is 9.74. The van der Waals surface area contributed by atoms with Crippen LogP contribution in [0.25, 0.3) is 0 Å². The second kappa shape index (κ2) is 5.32. The average Bonchev–Trinajstić information content (AvgIpc) is 2.15. The van der Waals surface area contributed by atoms with Crippen LogP contribution in [0.2, 0.25) is 0 Å². The average molecular weight is 181 g/mol. The Labute approximate surface area is 76.7 Å². The smallest absolute Gasteiger partial charge is 0.120 e. The third-order valence-electron chi connectivity index (χ3n) is 1.66. The minimum absolute atomic E-state index is 0.263. The van der Waals surface area contributed by atoms with Crippen molar-refractivity contribution < 1.29 is 9.50 Å². The summed E-state index contributed by atoms with van der Waals surface area (Å²) in [7, 11) is 0. The number of phenolic OH excluding ortho intramolecular Hbond substituents is 1. The van der Waals surface area contributed by atoms with E-state index in [1.807, 2.05) is 12.1 Å². The molecule has 0 saturated carbocycles. The fourth-order valence-corrected chi connectivity index (χ4v) is 0.995. The lowest BCUT2D eigenvalue weighted by atomic mass is 10.2. The molecule has 0 heterocycles. The fourth-order valence-electron chi connectivity index (χ4n) is 0.995. The molecule has 13 heavy (non-hydrogen) atoms. The topological polar surface area (TPSA) is 32.3 Å². The van der Waals surface area contributed by atoms with E-state index in [0.29, 0.717) is 19.4 Å². The Balaban J connectivity index is 2.41. The quantitative estimate of drug-likeness (QED) is 0.696. The summed E-state index contributed by atoms with van der Waals surface area (Å²) < 4.78 is 11.5. The van der Waals surface area contributed by atoms with Gasteiger partial charge >= 0.3 is 0 Å². The van der Waals surface area contributed by atoms with Gasteiger partial charge in [-0.2, -0.15) is 0 Å². The van der Waals surface area contributed by atoms with Gasteiger partial charge in [0, 0.05) is 18.7 Å². The highest BCUT2D eigenvalue weighted by molar-refractivity contribution is 5.31. The monoisotopic (exact) mass is 181 g/mol. The molecule has 1 aromatic rings. The highest BCUT2D eigenvalue weighted by Crippen LogP contribution is 2.14. The van der Waals surface area contributed by atoms with Gasteiger partial charge in [0.1, 0.15) is 5.75 Å². The van der Waals surface area contributed by atoms with Crippen molar-refractivity contribution in [2.24, 2.45) is 0 Å². The number of halogens is 1. The first-order chi connectivity index (χ1) is 6.34. The first-order valence-electron chi connectivity index (χ1n) is 4.07. The number of rotatable bonds is 4. The van der Waals surface area contributed by atoms with Crippen LogP contribution in [0.5, 0.6) is 5.75 Å². The van der Waals surface area contributed by atoms with E-state index in [4.69, 9.17) is 0 Å². The zero-order valence-corrected chi connectivity index (χ0v) is 7.20. The molecule has 0 radical (unpaired) electrons. The lowest BCUT2D eigenvalue weighted by Gasteiger charge is -2.03. The van der Waals surface area contributed by atoms with Crippen LogP contribution >= 0.6 is 0 Å².